The predicted molar refractivity (Wildman–Crippen MR) is 73.2 cm³/mol. The van der Waals surface area contributed by atoms with Gasteiger partial charge in [0.25, 0.3) is 0 Å². The minimum atomic E-state index is -3.65. The van der Waals surface area contributed by atoms with E-state index >= 15 is 0 Å². The second-order valence-electron chi connectivity index (χ2n) is 4.50. The fourth-order valence-electron chi connectivity index (χ4n) is 2.10. The molecule has 0 aliphatic carbocycles. The van der Waals surface area contributed by atoms with Crippen molar-refractivity contribution in [2.45, 2.75) is 24.2 Å². The zero-order valence-corrected chi connectivity index (χ0v) is 11.1. The van der Waals surface area contributed by atoms with Gasteiger partial charge in [-0.25, -0.2) is 18.8 Å². The van der Waals surface area contributed by atoms with Crippen LogP contribution in [0.4, 0.5) is 8.78 Å². The first-order valence-electron chi connectivity index (χ1n) is 5.81. The second kappa shape index (κ2) is 4.66. The van der Waals surface area contributed by atoms with Crippen LogP contribution in [-0.2, 0) is 4.74 Å². The molecule has 3 heterocycles. The molecule has 11 heteroatoms. The Morgan fingerprint density at radius 1 is 1.29 bits per heavy atom. The summed E-state index contributed by atoms with van der Waals surface area (Å²) in [4.78, 5) is 15.1. The molecule has 0 aromatic heterocycles. The average Bonchev–Trinajstić information content (AvgIpc) is 2.91. The molecule has 0 aromatic rings. The fraction of sp³-hybridized carbons (Fsp3) is 0.500. The van der Waals surface area contributed by atoms with Gasteiger partial charge in [0.05, 0.1) is 6.61 Å². The third kappa shape index (κ3) is 2.09. The summed E-state index contributed by atoms with van der Waals surface area (Å²) in [7, 11) is 0. The lowest BCUT2D eigenvalue weighted by atomic mass is 10.1. The summed E-state index contributed by atoms with van der Waals surface area (Å²) in [5, 5.41) is 18.4. The standard InChI is InChI=1S/C10H9F2N5O3S/c11-10(12)4(19)2(1-18)20-5(10)7-14-3-6(15-7)16-9(13)17-8(3)21/h2,4-5,18-19H,1H2,(H2,13,17,21)/t2-,4-,5+/m1/s1. The zero-order chi connectivity index (χ0) is 15.4. The molecule has 1 saturated heterocycles. The molecular weight excluding hydrogens is 308 g/mol. The molecule has 0 amide bonds. The highest BCUT2D eigenvalue weighted by Crippen LogP contribution is 2.37. The lowest BCUT2D eigenvalue weighted by Gasteiger charge is -2.17. The van der Waals surface area contributed by atoms with E-state index in [1.54, 1.807) is 0 Å². The van der Waals surface area contributed by atoms with Gasteiger partial charge in [-0.1, -0.05) is 12.2 Å². The van der Waals surface area contributed by atoms with Crippen molar-refractivity contribution in [1.29, 1.82) is 0 Å². The third-order valence-electron chi connectivity index (χ3n) is 3.12. The molecule has 4 N–H and O–H groups in total. The molecule has 3 aliphatic heterocycles. The Morgan fingerprint density at radius 3 is 2.62 bits per heavy atom. The first kappa shape index (κ1) is 14.3. The molecule has 0 aromatic carbocycles. The number of hydrogen-bond acceptors (Lipinski definition) is 8. The Hall–Kier alpha value is -1.69. The van der Waals surface area contributed by atoms with E-state index in [2.05, 4.69) is 20.0 Å². The largest absolute Gasteiger partial charge is 0.394 e. The first-order valence-corrected chi connectivity index (χ1v) is 6.22. The molecule has 0 saturated carbocycles. The number of halogens is 2. The minimum absolute atomic E-state index is 0.0168. The van der Waals surface area contributed by atoms with Gasteiger partial charge < -0.3 is 20.7 Å². The molecule has 112 valence electrons. The Kier molecular flexibility index (Phi) is 3.16. The van der Waals surface area contributed by atoms with Crippen LogP contribution in [0.25, 0.3) is 0 Å². The van der Waals surface area contributed by atoms with Crippen LogP contribution in [-0.4, -0.2) is 69.4 Å². The monoisotopic (exact) mass is 317 g/mol. The number of fused-ring (bicyclic) bond motifs is 1. The Morgan fingerprint density at radius 2 is 2.00 bits per heavy atom. The van der Waals surface area contributed by atoms with Crippen LogP contribution in [0.15, 0.2) is 20.0 Å². The molecule has 1 fully saturated rings. The minimum Gasteiger partial charge on any atom is -0.394 e. The van der Waals surface area contributed by atoms with Crippen molar-refractivity contribution in [3.8, 4) is 0 Å². The van der Waals surface area contributed by atoms with E-state index in [1.807, 2.05) is 0 Å². The quantitative estimate of drug-likeness (QED) is 0.543. The van der Waals surface area contributed by atoms with E-state index in [-0.39, 0.29) is 22.5 Å². The summed E-state index contributed by atoms with van der Waals surface area (Å²) in [6.07, 6.45) is -5.49. The van der Waals surface area contributed by atoms with E-state index in [0.717, 1.165) is 0 Å². The van der Waals surface area contributed by atoms with Crippen molar-refractivity contribution >= 4 is 40.5 Å². The number of thiocarbonyl (C=S) groups is 1. The van der Waals surface area contributed by atoms with Crippen molar-refractivity contribution in [3.05, 3.63) is 0 Å². The molecule has 0 radical (unpaired) electrons. The van der Waals surface area contributed by atoms with Crippen molar-refractivity contribution < 1.29 is 23.7 Å². The number of aliphatic imine (C=N–C) groups is 4. The maximum Gasteiger partial charge on any atom is 0.308 e. The van der Waals surface area contributed by atoms with Crippen LogP contribution in [0.3, 0.4) is 0 Å². The third-order valence-corrected chi connectivity index (χ3v) is 3.40. The number of alkyl halides is 2. The van der Waals surface area contributed by atoms with Crippen LogP contribution in [0.5, 0.6) is 0 Å². The van der Waals surface area contributed by atoms with Gasteiger partial charge in [0.1, 0.15) is 17.9 Å². The number of amidine groups is 2. The van der Waals surface area contributed by atoms with Crippen molar-refractivity contribution in [2.24, 2.45) is 25.7 Å². The van der Waals surface area contributed by atoms with Crippen LogP contribution < -0.4 is 5.73 Å². The van der Waals surface area contributed by atoms with Gasteiger partial charge in [-0.3, -0.25) is 0 Å². The highest BCUT2D eigenvalue weighted by molar-refractivity contribution is 7.82. The van der Waals surface area contributed by atoms with Gasteiger partial charge in [0, 0.05) is 0 Å². The summed E-state index contributed by atoms with van der Waals surface area (Å²) in [6, 6.07) is 0. The summed E-state index contributed by atoms with van der Waals surface area (Å²) in [5.74, 6) is -4.22. The van der Waals surface area contributed by atoms with Crippen LogP contribution in [0.2, 0.25) is 0 Å². The zero-order valence-electron chi connectivity index (χ0n) is 10.3. The molecular formula is C10H9F2N5O3S. The van der Waals surface area contributed by atoms with Gasteiger partial charge in [-0.15, -0.1) is 0 Å². The van der Waals surface area contributed by atoms with Crippen LogP contribution in [0, 0.1) is 0 Å². The number of ether oxygens (including phenoxy) is 1. The molecule has 3 aliphatic rings. The smallest absolute Gasteiger partial charge is 0.308 e. The number of rotatable bonds is 2. The summed E-state index contributed by atoms with van der Waals surface area (Å²) in [5.41, 5.74) is 5.45. The highest BCUT2D eigenvalue weighted by atomic mass is 32.1. The summed E-state index contributed by atoms with van der Waals surface area (Å²) in [6.45, 7) is -0.757. The van der Waals surface area contributed by atoms with Crippen molar-refractivity contribution in [2.75, 3.05) is 6.61 Å². The number of nitrogens with zero attached hydrogens (tertiary/aromatic N) is 4. The molecule has 0 unspecified atom stereocenters. The number of hydrogen-bond donors (Lipinski definition) is 3. The Labute approximate surface area is 121 Å². The van der Waals surface area contributed by atoms with Crippen LogP contribution >= 0.6 is 12.2 Å². The number of aliphatic hydroxyl groups excluding tert-OH is 2. The van der Waals surface area contributed by atoms with Crippen molar-refractivity contribution in [3.63, 3.8) is 0 Å². The summed E-state index contributed by atoms with van der Waals surface area (Å²) < 4.78 is 32.9. The summed E-state index contributed by atoms with van der Waals surface area (Å²) >= 11 is 4.90. The van der Waals surface area contributed by atoms with Gasteiger partial charge in [-0.05, 0) is 0 Å². The highest BCUT2D eigenvalue weighted by Gasteiger charge is 2.60. The van der Waals surface area contributed by atoms with Gasteiger partial charge in [-0.2, -0.15) is 9.98 Å². The molecule has 21 heavy (non-hydrogen) atoms. The number of aliphatic hydroxyl groups is 2. The molecule has 3 rings (SSSR count). The Balaban J connectivity index is 1.95. The lowest BCUT2D eigenvalue weighted by molar-refractivity contribution is -0.0945. The molecule has 8 nitrogen and oxygen atoms in total. The van der Waals surface area contributed by atoms with Crippen molar-refractivity contribution in [1.82, 2.24) is 0 Å². The predicted octanol–water partition coefficient (Wildman–Crippen LogP) is -1.35. The first-order chi connectivity index (χ1) is 9.84. The Bertz CT molecular complexity index is 645. The van der Waals surface area contributed by atoms with E-state index in [4.69, 9.17) is 27.8 Å². The molecule has 0 bridgehead atoms. The van der Waals surface area contributed by atoms with E-state index < -0.39 is 36.7 Å². The molecule has 3 atom stereocenters. The average molecular weight is 317 g/mol. The van der Waals surface area contributed by atoms with Gasteiger partial charge in [0.2, 0.25) is 5.96 Å². The normalized spacial score (nSPS) is 34.1. The number of nitrogens with two attached hydrogens (primary N) is 1. The second-order valence-corrected chi connectivity index (χ2v) is 4.88. The lowest BCUT2D eigenvalue weighted by Crippen LogP contribution is -2.43. The molecule has 0 spiro atoms. The van der Waals surface area contributed by atoms with Gasteiger partial charge in [0.15, 0.2) is 22.8 Å². The maximum atomic E-state index is 14.0. The van der Waals surface area contributed by atoms with E-state index in [9.17, 15) is 13.9 Å². The SMILES string of the molecule is NC1=NC(=S)C2=NC([C@@H]3O[C@H](CO)[C@@H](O)C3(F)F)=NC2=N1. The maximum absolute atomic E-state index is 14.0. The van der Waals surface area contributed by atoms with Crippen LogP contribution in [0.1, 0.15) is 0 Å². The van der Waals surface area contributed by atoms with E-state index in [0.29, 0.717) is 0 Å². The fourth-order valence-corrected chi connectivity index (χ4v) is 2.33. The number of guanidine groups is 1. The van der Waals surface area contributed by atoms with Gasteiger partial charge >= 0.3 is 5.92 Å². The van der Waals surface area contributed by atoms with E-state index in [1.165, 1.54) is 0 Å². The topological polar surface area (TPSA) is 125 Å².